The zero-order valence-corrected chi connectivity index (χ0v) is 9.52. The summed E-state index contributed by atoms with van der Waals surface area (Å²) in [6.07, 6.45) is 0. The third kappa shape index (κ3) is 102. The molecule has 0 spiro atoms. The van der Waals surface area contributed by atoms with Crippen LogP contribution in [0.25, 0.3) is 0 Å². The molecule has 0 saturated carbocycles. The van der Waals surface area contributed by atoms with Crippen LogP contribution in [0.5, 0.6) is 0 Å². The van der Waals surface area contributed by atoms with Crippen molar-refractivity contribution in [3.63, 3.8) is 0 Å². The summed E-state index contributed by atoms with van der Waals surface area (Å²) in [5.41, 5.74) is 0. The van der Waals surface area contributed by atoms with Crippen molar-refractivity contribution < 1.29 is 82.3 Å². The third-order valence-corrected chi connectivity index (χ3v) is 0.1000. The van der Waals surface area contributed by atoms with Crippen LogP contribution >= 0.6 is 7.82 Å². The van der Waals surface area contributed by atoms with Crippen molar-refractivity contribution in [1.82, 2.24) is 0 Å². The Bertz CT molecular complexity index is 84.3. The number of phosphoric acid groups is 1. The summed E-state index contributed by atoms with van der Waals surface area (Å²) in [6.45, 7) is -0.250. The van der Waals surface area contributed by atoms with Crippen LogP contribution in [0.3, 0.4) is 0 Å². The van der Waals surface area contributed by atoms with Gasteiger partial charge in [-0.15, -0.1) is 0 Å². The van der Waals surface area contributed by atoms with Crippen molar-refractivity contribution >= 4 is 7.82 Å². The second kappa shape index (κ2) is 10.7. The van der Waals surface area contributed by atoms with Crippen LogP contribution in [0.2, 0.25) is 0 Å². The van der Waals surface area contributed by atoms with Gasteiger partial charge >= 0.3 is 59.2 Å². The Hall–Kier alpha value is 1.67. The molecule has 0 fully saturated rings. The van der Waals surface area contributed by atoms with E-state index in [1.165, 1.54) is 0 Å². The first-order valence-electron chi connectivity index (χ1n) is 1.92. The monoisotopic (exact) mass is 200 g/mol. The van der Waals surface area contributed by atoms with E-state index in [4.69, 9.17) is 29.5 Å². The topological polar surface area (TPSA) is 118 Å². The van der Waals surface area contributed by atoms with E-state index >= 15 is 0 Å². The Morgan fingerprint density at radius 2 is 1.20 bits per heavy atom. The van der Waals surface area contributed by atoms with Crippen LogP contribution < -0.4 is 51.4 Å². The van der Waals surface area contributed by atoms with E-state index in [2.05, 4.69) is 0 Å². The zero-order chi connectivity index (χ0) is 7.91. The Labute approximate surface area is 102 Å². The number of hydrogen-bond donors (Lipinski definition) is 5. The predicted molar refractivity (Wildman–Crippen MR) is 29.5 cm³/mol. The second-order valence-corrected chi connectivity index (χ2v) is 1.99. The number of aliphatic hydroxyl groups excluding tert-OH is 2. The van der Waals surface area contributed by atoms with Crippen molar-refractivity contribution in [3.8, 4) is 0 Å². The van der Waals surface area contributed by atoms with Gasteiger partial charge in [0.05, 0.1) is 13.2 Å². The molecule has 0 aliphatic rings. The number of aliphatic hydroxyl groups is 2. The largest absolute Gasteiger partial charge is 1.00 e. The maximum Gasteiger partial charge on any atom is 1.00 e. The summed E-state index contributed by atoms with van der Waals surface area (Å²) in [7, 11) is -4.64. The molecule has 0 aromatic heterocycles. The summed E-state index contributed by atoms with van der Waals surface area (Å²) in [5, 5.41) is 15.2. The van der Waals surface area contributed by atoms with Crippen molar-refractivity contribution in [3.05, 3.63) is 0 Å². The minimum absolute atomic E-state index is 0. The average molecular weight is 200 g/mol. The molecule has 60 valence electrons. The molecule has 10 heavy (non-hydrogen) atoms. The normalized spacial score (nSPS) is 8.90. The Balaban J connectivity index is -0.0000000383. The molecule has 0 atom stereocenters. The first-order chi connectivity index (χ1) is 3.91. The van der Waals surface area contributed by atoms with E-state index in [9.17, 15) is 0 Å². The smallest absolute Gasteiger partial charge is 1.00 e. The van der Waals surface area contributed by atoms with E-state index in [1.54, 1.807) is 0 Å². The maximum atomic E-state index is 8.88. The average Bonchev–Trinajstić information content (AvgIpc) is 1.61. The van der Waals surface area contributed by atoms with E-state index in [0.29, 0.717) is 0 Å². The molecule has 0 amide bonds. The molecule has 0 aliphatic carbocycles. The van der Waals surface area contributed by atoms with Gasteiger partial charge in [0.1, 0.15) is 0 Å². The molecule has 0 unspecified atom stereocenters. The summed E-state index contributed by atoms with van der Waals surface area (Å²) < 4.78 is 8.88. The van der Waals surface area contributed by atoms with E-state index in [-0.39, 0.29) is 66.0 Å². The van der Waals surface area contributed by atoms with Crippen LogP contribution in [0.1, 0.15) is 1.43 Å². The molecule has 0 aromatic carbocycles. The summed E-state index contributed by atoms with van der Waals surface area (Å²) >= 11 is 0. The standard InChI is InChI=1S/C2H6O2.K.H3O4P.H/c3-1-2-4;;1-5(2,3)4;/h3-4H,1-2H2;;(H3,1,2,3,4);/q;+1;;-1. The maximum absolute atomic E-state index is 8.88. The second-order valence-electron chi connectivity index (χ2n) is 0.960. The van der Waals surface area contributed by atoms with E-state index in [1.807, 2.05) is 0 Å². The Kier molecular flexibility index (Phi) is 18.8. The van der Waals surface area contributed by atoms with Gasteiger partial charge in [-0.2, -0.15) is 0 Å². The van der Waals surface area contributed by atoms with E-state index < -0.39 is 7.82 Å². The molecule has 0 radical (unpaired) electrons. The fourth-order valence-corrected chi connectivity index (χ4v) is 0. The summed E-state index contributed by atoms with van der Waals surface area (Å²) in [6, 6.07) is 0. The molecule has 0 aromatic rings. The van der Waals surface area contributed by atoms with Crippen molar-refractivity contribution in [2.24, 2.45) is 0 Å². The molecule has 0 bridgehead atoms. The summed E-state index contributed by atoms with van der Waals surface area (Å²) in [5.74, 6) is 0. The SMILES string of the molecule is O=P(O)(O)O.OCCO.[H-].[K+]. The number of hydrogen-bond acceptors (Lipinski definition) is 3. The van der Waals surface area contributed by atoms with Crippen LogP contribution in [-0.4, -0.2) is 38.1 Å². The molecular weight excluding hydrogens is 190 g/mol. The van der Waals surface area contributed by atoms with Crippen LogP contribution in [0.15, 0.2) is 0 Å². The van der Waals surface area contributed by atoms with Gasteiger partial charge in [0.25, 0.3) is 0 Å². The van der Waals surface area contributed by atoms with Crippen LogP contribution in [0.4, 0.5) is 0 Å². The van der Waals surface area contributed by atoms with Gasteiger partial charge in [0.2, 0.25) is 0 Å². The third-order valence-electron chi connectivity index (χ3n) is 0.1000. The fraction of sp³-hybridized carbons (Fsp3) is 1.00. The van der Waals surface area contributed by atoms with Crippen molar-refractivity contribution in [2.75, 3.05) is 13.2 Å². The number of rotatable bonds is 1. The molecule has 8 heteroatoms. The van der Waals surface area contributed by atoms with Crippen LogP contribution in [0, 0.1) is 0 Å². The molecule has 0 rings (SSSR count). The zero-order valence-electron chi connectivity index (χ0n) is 6.51. The molecule has 0 heterocycles. The van der Waals surface area contributed by atoms with Gasteiger partial charge < -0.3 is 26.3 Å². The quantitative estimate of drug-likeness (QED) is 0.214. The first kappa shape index (κ1) is 17.7. The van der Waals surface area contributed by atoms with E-state index in [0.717, 1.165) is 0 Å². The van der Waals surface area contributed by atoms with Crippen molar-refractivity contribution in [1.29, 1.82) is 0 Å². The van der Waals surface area contributed by atoms with Crippen LogP contribution in [-0.2, 0) is 4.57 Å². The van der Waals surface area contributed by atoms with Gasteiger partial charge in [-0.05, 0) is 0 Å². The Morgan fingerprint density at radius 3 is 1.20 bits per heavy atom. The van der Waals surface area contributed by atoms with Gasteiger partial charge in [-0.1, -0.05) is 0 Å². The first-order valence-corrected chi connectivity index (χ1v) is 3.48. The van der Waals surface area contributed by atoms with Gasteiger partial charge in [-0.25, -0.2) is 4.57 Å². The van der Waals surface area contributed by atoms with Crippen molar-refractivity contribution in [2.45, 2.75) is 0 Å². The van der Waals surface area contributed by atoms with Gasteiger partial charge in [-0.3, -0.25) is 0 Å². The predicted octanol–water partition coefficient (Wildman–Crippen LogP) is -4.84. The molecular formula is C2H10KO6P. The summed E-state index contributed by atoms with van der Waals surface area (Å²) in [4.78, 5) is 21.6. The molecule has 0 aliphatic heterocycles. The minimum atomic E-state index is -4.64. The fourth-order valence-electron chi connectivity index (χ4n) is 0. The Morgan fingerprint density at radius 1 is 1.10 bits per heavy atom. The van der Waals surface area contributed by atoms with Gasteiger partial charge in [0.15, 0.2) is 0 Å². The van der Waals surface area contributed by atoms with Gasteiger partial charge in [0, 0.05) is 0 Å². The molecule has 5 N–H and O–H groups in total. The molecule has 6 nitrogen and oxygen atoms in total. The minimum Gasteiger partial charge on any atom is -1.00 e. The molecule has 0 saturated heterocycles.